The van der Waals surface area contributed by atoms with Crippen LogP contribution in [0.3, 0.4) is 0 Å². The van der Waals surface area contributed by atoms with Crippen LogP contribution >= 0.6 is 15.9 Å². The Morgan fingerprint density at radius 3 is 3.00 bits per heavy atom. The van der Waals surface area contributed by atoms with Gasteiger partial charge in [0.05, 0.1) is 24.4 Å². The van der Waals surface area contributed by atoms with Gasteiger partial charge in [-0.05, 0) is 18.2 Å². The molecule has 80 valence electrons. The zero-order valence-electron chi connectivity index (χ0n) is 8.27. The molecule has 0 unspecified atom stereocenters. The number of halogens is 1. The van der Waals surface area contributed by atoms with E-state index in [-0.39, 0.29) is 0 Å². The summed E-state index contributed by atoms with van der Waals surface area (Å²) in [6, 6.07) is 9.33. The van der Waals surface area contributed by atoms with Gasteiger partial charge in [0, 0.05) is 16.2 Å². The molecular weight excluding hydrogens is 270 g/mol. The minimum Gasteiger partial charge on any atom is -0.378 e. The Hall–Kier alpha value is -1.80. The van der Waals surface area contributed by atoms with E-state index in [0.29, 0.717) is 12.1 Å². The molecule has 1 aromatic carbocycles. The first-order valence-electron chi connectivity index (χ1n) is 4.62. The molecule has 4 nitrogen and oxygen atoms in total. The predicted molar refractivity (Wildman–Crippen MR) is 62.7 cm³/mol. The first-order valence-corrected chi connectivity index (χ1v) is 5.41. The smallest absolute Gasteiger partial charge is 0.155 e. The average molecular weight is 278 g/mol. The van der Waals surface area contributed by atoms with Gasteiger partial charge in [-0.15, -0.1) is 0 Å². The maximum Gasteiger partial charge on any atom is 0.155 e. The summed E-state index contributed by atoms with van der Waals surface area (Å²) in [6.07, 6.45) is 1.60. The molecular formula is C11H8BrN3O. The summed E-state index contributed by atoms with van der Waals surface area (Å²) in [6.45, 7) is 0.543. The fourth-order valence-corrected chi connectivity index (χ4v) is 1.77. The number of hydrogen-bond donors (Lipinski definition) is 1. The van der Waals surface area contributed by atoms with Crippen molar-refractivity contribution in [2.45, 2.75) is 6.54 Å². The van der Waals surface area contributed by atoms with Crippen molar-refractivity contribution in [3.8, 4) is 6.07 Å². The van der Waals surface area contributed by atoms with Crippen LogP contribution in [0.25, 0.3) is 0 Å². The Labute approximate surface area is 101 Å². The van der Waals surface area contributed by atoms with E-state index in [9.17, 15) is 0 Å². The Kier molecular flexibility index (Phi) is 3.22. The Morgan fingerprint density at radius 1 is 1.44 bits per heavy atom. The molecule has 2 rings (SSSR count). The number of anilines is 1. The number of nitriles is 1. The van der Waals surface area contributed by atoms with E-state index >= 15 is 0 Å². The van der Waals surface area contributed by atoms with E-state index < -0.39 is 0 Å². The monoisotopic (exact) mass is 277 g/mol. The lowest BCUT2D eigenvalue weighted by Gasteiger charge is -2.04. The highest BCUT2D eigenvalue weighted by molar-refractivity contribution is 9.10. The summed E-state index contributed by atoms with van der Waals surface area (Å²) in [7, 11) is 0. The number of hydrogen-bond acceptors (Lipinski definition) is 4. The van der Waals surface area contributed by atoms with Crippen LogP contribution in [0, 0.1) is 11.3 Å². The summed E-state index contributed by atoms with van der Waals surface area (Å²) in [5.41, 5.74) is 1.47. The molecule has 0 fully saturated rings. The van der Waals surface area contributed by atoms with Crippen molar-refractivity contribution in [2.24, 2.45) is 0 Å². The molecule has 5 heteroatoms. The molecule has 0 aliphatic heterocycles. The van der Waals surface area contributed by atoms with E-state index in [1.165, 1.54) is 0 Å². The summed E-state index contributed by atoms with van der Waals surface area (Å²) in [4.78, 5) is 0. The van der Waals surface area contributed by atoms with Crippen LogP contribution in [0.2, 0.25) is 0 Å². The molecule has 16 heavy (non-hydrogen) atoms. The molecule has 0 spiro atoms. The first-order chi connectivity index (χ1) is 7.78. The second-order valence-corrected chi connectivity index (χ2v) is 4.09. The van der Waals surface area contributed by atoms with Crippen molar-refractivity contribution in [3.05, 3.63) is 46.3 Å². The highest BCUT2D eigenvalue weighted by Gasteiger charge is 2.00. The Bertz CT molecular complexity index is 517. The molecule has 0 bridgehead atoms. The quantitative estimate of drug-likeness (QED) is 0.937. The minimum absolute atomic E-state index is 0.543. The lowest BCUT2D eigenvalue weighted by molar-refractivity contribution is 0.388. The van der Waals surface area contributed by atoms with Crippen molar-refractivity contribution < 1.29 is 4.52 Å². The molecule has 1 N–H and O–H groups in total. The van der Waals surface area contributed by atoms with Crippen LogP contribution in [0.15, 0.2) is 39.5 Å². The van der Waals surface area contributed by atoms with E-state index in [1.807, 2.05) is 6.07 Å². The van der Waals surface area contributed by atoms with Gasteiger partial charge in [-0.2, -0.15) is 5.26 Å². The zero-order chi connectivity index (χ0) is 11.4. The van der Waals surface area contributed by atoms with Crippen molar-refractivity contribution >= 4 is 21.6 Å². The topological polar surface area (TPSA) is 61.9 Å². The third-order valence-electron chi connectivity index (χ3n) is 1.98. The van der Waals surface area contributed by atoms with Gasteiger partial charge in [-0.1, -0.05) is 21.1 Å². The fourth-order valence-electron chi connectivity index (χ4n) is 1.28. The van der Waals surface area contributed by atoms with Gasteiger partial charge in [0.15, 0.2) is 5.76 Å². The molecule has 2 aromatic rings. The molecule has 0 amide bonds. The van der Waals surface area contributed by atoms with Crippen LogP contribution in [-0.4, -0.2) is 5.16 Å². The minimum atomic E-state index is 0.543. The molecule has 0 atom stereocenters. The summed E-state index contributed by atoms with van der Waals surface area (Å²) >= 11 is 3.35. The van der Waals surface area contributed by atoms with Gasteiger partial charge >= 0.3 is 0 Å². The fraction of sp³-hybridized carbons (Fsp3) is 0.0909. The van der Waals surface area contributed by atoms with Gasteiger partial charge in [0.1, 0.15) is 0 Å². The highest BCUT2D eigenvalue weighted by Crippen LogP contribution is 2.19. The van der Waals surface area contributed by atoms with Gasteiger partial charge in [-0.25, -0.2) is 0 Å². The molecule has 0 aliphatic carbocycles. The van der Waals surface area contributed by atoms with Gasteiger partial charge in [-0.3, -0.25) is 0 Å². The molecule has 0 saturated carbocycles. The highest BCUT2D eigenvalue weighted by atomic mass is 79.9. The molecule has 1 aromatic heterocycles. The van der Waals surface area contributed by atoms with E-state index in [0.717, 1.165) is 15.9 Å². The summed E-state index contributed by atoms with van der Waals surface area (Å²) < 4.78 is 5.82. The van der Waals surface area contributed by atoms with Crippen LogP contribution < -0.4 is 5.32 Å². The normalized spacial score (nSPS) is 9.75. The van der Waals surface area contributed by atoms with E-state index in [1.54, 1.807) is 24.4 Å². The predicted octanol–water partition coefficient (Wildman–Crippen LogP) is 2.92. The number of aromatic nitrogens is 1. The Morgan fingerprint density at radius 2 is 2.31 bits per heavy atom. The second kappa shape index (κ2) is 4.81. The van der Waals surface area contributed by atoms with Crippen molar-refractivity contribution in [1.29, 1.82) is 5.26 Å². The van der Waals surface area contributed by atoms with Crippen molar-refractivity contribution in [1.82, 2.24) is 5.16 Å². The van der Waals surface area contributed by atoms with E-state index in [2.05, 4.69) is 32.5 Å². The second-order valence-electron chi connectivity index (χ2n) is 3.17. The van der Waals surface area contributed by atoms with Crippen LogP contribution in [0.4, 0.5) is 5.69 Å². The molecule has 0 aliphatic rings. The van der Waals surface area contributed by atoms with Gasteiger partial charge in [0.25, 0.3) is 0 Å². The van der Waals surface area contributed by atoms with Crippen molar-refractivity contribution in [3.63, 3.8) is 0 Å². The molecule has 0 saturated heterocycles. The first kappa shape index (κ1) is 10.7. The van der Waals surface area contributed by atoms with E-state index in [4.69, 9.17) is 9.78 Å². The number of nitrogens with zero attached hydrogens (tertiary/aromatic N) is 2. The molecule has 1 heterocycles. The maximum atomic E-state index is 8.81. The van der Waals surface area contributed by atoms with Gasteiger partial charge < -0.3 is 9.84 Å². The number of benzene rings is 1. The molecule has 0 radical (unpaired) electrons. The lowest BCUT2D eigenvalue weighted by atomic mass is 10.2. The van der Waals surface area contributed by atoms with Crippen LogP contribution in [0.5, 0.6) is 0 Å². The lowest BCUT2D eigenvalue weighted by Crippen LogP contribution is -1.98. The van der Waals surface area contributed by atoms with Crippen molar-refractivity contribution in [2.75, 3.05) is 5.32 Å². The number of rotatable bonds is 3. The largest absolute Gasteiger partial charge is 0.378 e. The summed E-state index contributed by atoms with van der Waals surface area (Å²) in [5.74, 6) is 0.749. The Balaban J connectivity index is 2.10. The van der Waals surface area contributed by atoms with Crippen LogP contribution in [-0.2, 0) is 6.54 Å². The SMILES string of the molecule is N#Cc1cc(Br)cc(NCc2ccno2)c1. The number of nitrogens with one attached hydrogen (secondary N) is 1. The van der Waals surface area contributed by atoms with Crippen LogP contribution in [0.1, 0.15) is 11.3 Å². The van der Waals surface area contributed by atoms with Gasteiger partial charge in [0.2, 0.25) is 0 Å². The third-order valence-corrected chi connectivity index (χ3v) is 2.44. The third kappa shape index (κ3) is 2.61. The maximum absolute atomic E-state index is 8.81. The zero-order valence-corrected chi connectivity index (χ0v) is 9.86. The summed E-state index contributed by atoms with van der Waals surface area (Å²) in [5, 5.41) is 15.6. The standard InChI is InChI=1S/C11H8BrN3O/c12-9-3-8(6-13)4-10(5-9)14-7-11-1-2-15-16-11/h1-5,14H,7H2. The average Bonchev–Trinajstić information content (AvgIpc) is 2.78.